The van der Waals surface area contributed by atoms with E-state index in [0.717, 1.165) is 0 Å². The molecule has 0 unspecified atom stereocenters. The molecule has 0 amide bonds. The van der Waals surface area contributed by atoms with E-state index >= 15 is 0 Å². The third-order valence-corrected chi connectivity index (χ3v) is 1.17. The number of halogens is 1. The zero-order chi connectivity index (χ0) is 4.41. The first kappa shape index (κ1) is 4.09. The normalized spacial score (nSPS) is 8.83. The van der Waals surface area contributed by atoms with Gasteiger partial charge in [0.25, 0.3) is 0 Å². The quantitative estimate of drug-likeness (QED) is 0.504. The van der Waals surface area contributed by atoms with Crippen LogP contribution in [0.2, 0.25) is 5.15 Å². The Morgan fingerprint density at radius 3 is 3.00 bits per heavy atom. The van der Waals surface area contributed by atoms with E-state index in [1.54, 1.807) is 6.07 Å². The molecule has 0 N–H and O–H groups in total. The first-order valence-electron chi connectivity index (χ1n) is 1.38. The SMILES string of the molecule is Clc1c[c]sn1. The molecule has 0 aliphatic carbocycles. The third-order valence-electron chi connectivity index (χ3n) is 0.364. The highest BCUT2D eigenvalue weighted by atomic mass is 35.5. The second kappa shape index (κ2) is 1.58. The van der Waals surface area contributed by atoms with Crippen LogP contribution in [0.5, 0.6) is 0 Å². The summed E-state index contributed by atoms with van der Waals surface area (Å²) >= 11 is 6.56. The zero-order valence-electron chi connectivity index (χ0n) is 2.81. The maximum Gasteiger partial charge on any atom is 0.143 e. The van der Waals surface area contributed by atoms with E-state index in [1.165, 1.54) is 11.5 Å². The van der Waals surface area contributed by atoms with Gasteiger partial charge in [-0.05, 0) is 17.6 Å². The van der Waals surface area contributed by atoms with Crippen molar-refractivity contribution in [1.82, 2.24) is 4.37 Å². The topological polar surface area (TPSA) is 12.9 Å². The summed E-state index contributed by atoms with van der Waals surface area (Å²) in [5.41, 5.74) is 0. The Morgan fingerprint density at radius 2 is 2.83 bits per heavy atom. The lowest BCUT2D eigenvalue weighted by molar-refractivity contribution is 1.58. The summed E-state index contributed by atoms with van der Waals surface area (Å²) in [6, 6.07) is 1.63. The van der Waals surface area contributed by atoms with Gasteiger partial charge in [0.05, 0.1) is 5.38 Å². The monoisotopic (exact) mass is 118 g/mol. The molecule has 1 aromatic rings. The van der Waals surface area contributed by atoms with Gasteiger partial charge in [-0.2, -0.15) is 4.37 Å². The fourth-order valence-electron chi connectivity index (χ4n) is 0.171. The van der Waals surface area contributed by atoms with Crippen LogP contribution in [0.1, 0.15) is 0 Å². The summed E-state index contributed by atoms with van der Waals surface area (Å²) < 4.78 is 3.67. The molecule has 0 aromatic carbocycles. The first-order chi connectivity index (χ1) is 2.89. The minimum atomic E-state index is 0.528. The summed E-state index contributed by atoms with van der Waals surface area (Å²) in [4.78, 5) is 0. The van der Waals surface area contributed by atoms with Crippen molar-refractivity contribution in [2.45, 2.75) is 0 Å². The second-order valence-corrected chi connectivity index (χ2v) is 1.76. The van der Waals surface area contributed by atoms with E-state index in [9.17, 15) is 0 Å². The van der Waals surface area contributed by atoms with E-state index in [1.807, 2.05) is 0 Å². The molecule has 0 atom stereocenters. The molecule has 0 aliphatic heterocycles. The standard InChI is InChI=1S/C3HClNS/c4-3-1-2-6-5-3/h1H. The molecule has 1 heterocycles. The fourth-order valence-corrected chi connectivity index (χ4v) is 0.751. The molecular weight excluding hydrogens is 118 g/mol. The number of nitrogens with zero attached hydrogens (tertiary/aromatic N) is 1. The molecular formula is C3HClNS. The van der Waals surface area contributed by atoms with Crippen LogP contribution < -0.4 is 0 Å². The molecule has 0 spiro atoms. The van der Waals surface area contributed by atoms with Gasteiger partial charge in [-0.1, -0.05) is 11.6 Å². The number of rotatable bonds is 0. The average Bonchev–Trinajstić information content (AvgIpc) is 1.86. The molecule has 1 radical (unpaired) electrons. The highest BCUT2D eigenvalue weighted by Crippen LogP contribution is 2.03. The van der Waals surface area contributed by atoms with E-state index < -0.39 is 0 Å². The Hall–Kier alpha value is -0.0800. The zero-order valence-corrected chi connectivity index (χ0v) is 4.38. The summed E-state index contributed by atoms with van der Waals surface area (Å²) in [6.07, 6.45) is 0. The lowest BCUT2D eigenvalue weighted by atomic mass is 10.8. The van der Waals surface area contributed by atoms with E-state index in [2.05, 4.69) is 9.75 Å². The Bertz CT molecular complexity index is 114. The molecule has 0 aliphatic rings. The van der Waals surface area contributed by atoms with E-state index in [-0.39, 0.29) is 0 Å². The van der Waals surface area contributed by atoms with Crippen molar-refractivity contribution in [2.24, 2.45) is 0 Å². The lowest BCUT2D eigenvalue weighted by Crippen LogP contribution is -1.46. The van der Waals surface area contributed by atoms with Crippen LogP contribution in [0.15, 0.2) is 6.07 Å². The van der Waals surface area contributed by atoms with Gasteiger partial charge >= 0.3 is 0 Å². The number of hydrogen-bond donors (Lipinski definition) is 0. The van der Waals surface area contributed by atoms with Crippen LogP contribution in [0, 0.1) is 5.38 Å². The number of hydrogen-bond acceptors (Lipinski definition) is 2. The molecule has 6 heavy (non-hydrogen) atoms. The van der Waals surface area contributed by atoms with Crippen LogP contribution in [-0.2, 0) is 0 Å². The molecule has 1 rings (SSSR count). The maximum atomic E-state index is 5.32. The molecule has 31 valence electrons. The van der Waals surface area contributed by atoms with E-state index in [0.29, 0.717) is 5.15 Å². The summed E-state index contributed by atoms with van der Waals surface area (Å²) in [7, 11) is 0. The van der Waals surface area contributed by atoms with Gasteiger partial charge in [0.1, 0.15) is 5.15 Å². The highest BCUT2D eigenvalue weighted by molar-refractivity contribution is 7.03. The van der Waals surface area contributed by atoms with Gasteiger partial charge in [0.15, 0.2) is 0 Å². The van der Waals surface area contributed by atoms with Crippen molar-refractivity contribution in [3.05, 3.63) is 16.6 Å². The van der Waals surface area contributed by atoms with Crippen LogP contribution in [0.25, 0.3) is 0 Å². The Balaban J connectivity index is 3.05. The number of aromatic nitrogens is 1. The highest BCUT2D eigenvalue weighted by Gasteiger charge is 1.80. The smallest absolute Gasteiger partial charge is 0.143 e. The van der Waals surface area contributed by atoms with Crippen molar-refractivity contribution < 1.29 is 0 Å². The second-order valence-electron chi connectivity index (χ2n) is 0.767. The van der Waals surface area contributed by atoms with Crippen LogP contribution in [-0.4, -0.2) is 4.37 Å². The average molecular weight is 119 g/mol. The van der Waals surface area contributed by atoms with Crippen molar-refractivity contribution in [3.8, 4) is 0 Å². The van der Waals surface area contributed by atoms with Gasteiger partial charge in [-0.25, -0.2) is 0 Å². The molecule has 1 nitrogen and oxygen atoms in total. The van der Waals surface area contributed by atoms with E-state index in [4.69, 9.17) is 11.6 Å². The van der Waals surface area contributed by atoms with Crippen molar-refractivity contribution in [3.63, 3.8) is 0 Å². The Labute approximate surface area is 44.7 Å². The van der Waals surface area contributed by atoms with Gasteiger partial charge < -0.3 is 0 Å². The molecule has 0 saturated carbocycles. The predicted octanol–water partition coefficient (Wildman–Crippen LogP) is 1.60. The third kappa shape index (κ3) is 0.698. The summed E-state index contributed by atoms with van der Waals surface area (Å²) in [5.74, 6) is 0. The summed E-state index contributed by atoms with van der Waals surface area (Å²) in [6.45, 7) is 0. The van der Waals surface area contributed by atoms with Gasteiger partial charge in [-0.3, -0.25) is 0 Å². The molecule has 1 aromatic heterocycles. The minimum absolute atomic E-state index is 0.528. The largest absolute Gasteiger partial charge is 0.180 e. The Kier molecular flexibility index (Phi) is 1.08. The molecule has 3 heteroatoms. The van der Waals surface area contributed by atoms with Crippen LogP contribution in [0.3, 0.4) is 0 Å². The Morgan fingerprint density at radius 1 is 2.00 bits per heavy atom. The minimum Gasteiger partial charge on any atom is -0.180 e. The van der Waals surface area contributed by atoms with Gasteiger partial charge in [-0.15, -0.1) is 0 Å². The fraction of sp³-hybridized carbons (Fsp3) is 0. The molecule has 0 fully saturated rings. The van der Waals surface area contributed by atoms with Crippen LogP contribution in [0.4, 0.5) is 0 Å². The molecule has 0 bridgehead atoms. The van der Waals surface area contributed by atoms with Crippen molar-refractivity contribution in [2.75, 3.05) is 0 Å². The lowest BCUT2D eigenvalue weighted by Gasteiger charge is -1.60. The predicted molar refractivity (Wildman–Crippen MR) is 26.0 cm³/mol. The van der Waals surface area contributed by atoms with Crippen molar-refractivity contribution >= 4 is 23.1 Å². The van der Waals surface area contributed by atoms with Gasteiger partial charge in [0, 0.05) is 0 Å². The first-order valence-corrected chi connectivity index (χ1v) is 2.53. The van der Waals surface area contributed by atoms with Crippen LogP contribution >= 0.6 is 23.1 Å². The van der Waals surface area contributed by atoms with Gasteiger partial charge in [0.2, 0.25) is 0 Å². The van der Waals surface area contributed by atoms with Crippen molar-refractivity contribution in [1.29, 1.82) is 0 Å². The maximum absolute atomic E-state index is 5.32. The molecule has 0 saturated heterocycles. The summed E-state index contributed by atoms with van der Waals surface area (Å²) in [5, 5.41) is 3.26.